The molecule has 1 aliphatic heterocycles. The molecule has 0 saturated carbocycles. The van der Waals surface area contributed by atoms with Gasteiger partial charge in [-0.05, 0) is 81.3 Å². The number of hydrogen-bond donors (Lipinski definition) is 2. The molecule has 3 aromatic rings. The van der Waals surface area contributed by atoms with E-state index < -0.39 is 5.91 Å². The third-order valence-electron chi connectivity index (χ3n) is 7.18. The maximum absolute atomic E-state index is 13.8. The molecule has 0 spiro atoms. The Kier molecular flexibility index (Phi) is 6.95. The quantitative estimate of drug-likeness (QED) is 0.553. The summed E-state index contributed by atoms with van der Waals surface area (Å²) in [7, 11) is 0. The number of nitrogens with two attached hydrogens (primary N) is 1. The van der Waals surface area contributed by atoms with Crippen molar-refractivity contribution in [2.24, 2.45) is 5.73 Å². The highest BCUT2D eigenvalue weighted by Gasteiger charge is 2.32. The van der Waals surface area contributed by atoms with E-state index in [4.69, 9.17) is 10.8 Å². The maximum Gasteiger partial charge on any atom is 0.272 e. The number of primary amides is 1. The lowest BCUT2D eigenvalue weighted by Crippen LogP contribution is -2.39. The molecule has 1 fully saturated rings. The van der Waals surface area contributed by atoms with Gasteiger partial charge in [0.25, 0.3) is 5.91 Å². The molecular formula is C28H33N5O2. The van der Waals surface area contributed by atoms with E-state index in [0.29, 0.717) is 17.3 Å². The minimum atomic E-state index is -0.467. The van der Waals surface area contributed by atoms with Gasteiger partial charge in [-0.3, -0.25) is 9.59 Å². The average Bonchev–Trinajstić information content (AvgIpc) is 3.28. The Morgan fingerprint density at radius 3 is 2.46 bits per heavy atom. The van der Waals surface area contributed by atoms with Crippen molar-refractivity contribution >= 4 is 11.8 Å². The first-order valence-corrected chi connectivity index (χ1v) is 12.7. The molecule has 7 nitrogen and oxygen atoms in total. The van der Waals surface area contributed by atoms with Gasteiger partial charge in [0.1, 0.15) is 5.69 Å². The van der Waals surface area contributed by atoms with Gasteiger partial charge in [0, 0.05) is 30.3 Å². The van der Waals surface area contributed by atoms with E-state index in [9.17, 15) is 9.59 Å². The molecule has 3 N–H and O–H groups in total. The van der Waals surface area contributed by atoms with Crippen LogP contribution in [0.25, 0.3) is 5.69 Å². The number of aromatic nitrogens is 2. The van der Waals surface area contributed by atoms with Crippen molar-refractivity contribution in [3.63, 3.8) is 0 Å². The standard InChI is InChI=1S/C28H33N5O2/c29-27(34)21-9-12-23(13-10-21)33-26(28(35)32-17-5-2-6-18-32)24-19-22(11-14-25(24)31-33)30-16-15-20-7-3-1-4-8-20/h1,3-4,7-10,12-13,22,30H,2,5-6,11,14-19H2,(H2,29,34). The Labute approximate surface area is 206 Å². The van der Waals surface area contributed by atoms with Gasteiger partial charge in [-0.1, -0.05) is 30.3 Å². The van der Waals surface area contributed by atoms with Crippen LogP contribution in [-0.2, 0) is 19.3 Å². The first-order chi connectivity index (χ1) is 17.1. The molecule has 2 amide bonds. The topological polar surface area (TPSA) is 93.2 Å². The molecule has 1 aliphatic carbocycles. The number of amides is 2. The number of nitrogens with one attached hydrogen (secondary N) is 1. The van der Waals surface area contributed by atoms with Crippen LogP contribution in [0.1, 0.15) is 63.4 Å². The van der Waals surface area contributed by atoms with Crippen LogP contribution in [0.2, 0.25) is 0 Å². The molecule has 2 heterocycles. The fourth-order valence-electron chi connectivity index (χ4n) is 5.23. The second-order valence-corrected chi connectivity index (χ2v) is 9.58. The fraction of sp³-hybridized carbons (Fsp3) is 0.393. The van der Waals surface area contributed by atoms with Crippen molar-refractivity contribution in [2.45, 2.75) is 51.0 Å². The summed E-state index contributed by atoms with van der Waals surface area (Å²) in [6, 6.07) is 17.8. The Morgan fingerprint density at radius 2 is 1.74 bits per heavy atom. The molecule has 35 heavy (non-hydrogen) atoms. The van der Waals surface area contributed by atoms with Gasteiger partial charge in [-0.15, -0.1) is 0 Å². The third kappa shape index (κ3) is 5.15. The lowest BCUT2D eigenvalue weighted by atomic mass is 9.91. The van der Waals surface area contributed by atoms with Crippen LogP contribution in [0.15, 0.2) is 54.6 Å². The van der Waals surface area contributed by atoms with Crippen LogP contribution < -0.4 is 11.1 Å². The van der Waals surface area contributed by atoms with Gasteiger partial charge in [-0.25, -0.2) is 4.68 Å². The van der Waals surface area contributed by atoms with E-state index >= 15 is 0 Å². The number of likely N-dealkylation sites (tertiary alicyclic amines) is 1. The largest absolute Gasteiger partial charge is 0.366 e. The number of aryl methyl sites for hydroxylation is 1. The minimum Gasteiger partial charge on any atom is -0.366 e. The van der Waals surface area contributed by atoms with Gasteiger partial charge in [0.2, 0.25) is 5.91 Å². The molecule has 2 aromatic carbocycles. The van der Waals surface area contributed by atoms with Crippen LogP contribution in [0, 0.1) is 0 Å². The van der Waals surface area contributed by atoms with Crippen LogP contribution in [0.3, 0.4) is 0 Å². The van der Waals surface area contributed by atoms with E-state index in [1.54, 1.807) is 16.8 Å². The monoisotopic (exact) mass is 471 g/mol. The molecule has 2 aliphatic rings. The number of hydrogen-bond acceptors (Lipinski definition) is 4. The first kappa shape index (κ1) is 23.3. The first-order valence-electron chi connectivity index (χ1n) is 12.7. The molecular weight excluding hydrogens is 438 g/mol. The van der Waals surface area contributed by atoms with E-state index in [-0.39, 0.29) is 5.91 Å². The molecule has 182 valence electrons. The molecule has 5 rings (SSSR count). The Bertz CT molecular complexity index is 1180. The highest BCUT2D eigenvalue weighted by Crippen LogP contribution is 2.29. The van der Waals surface area contributed by atoms with Crippen LogP contribution in [-0.4, -0.2) is 52.2 Å². The Hall–Kier alpha value is -3.45. The minimum absolute atomic E-state index is 0.0577. The summed E-state index contributed by atoms with van der Waals surface area (Å²) in [6.07, 6.45) is 6.86. The van der Waals surface area contributed by atoms with Crippen molar-refractivity contribution in [2.75, 3.05) is 19.6 Å². The molecule has 1 saturated heterocycles. The van der Waals surface area contributed by atoms with Crippen LogP contribution in [0.5, 0.6) is 0 Å². The number of fused-ring (bicyclic) bond motifs is 1. The maximum atomic E-state index is 13.8. The second kappa shape index (κ2) is 10.4. The van der Waals surface area contributed by atoms with Crippen LogP contribution >= 0.6 is 0 Å². The number of benzene rings is 2. The zero-order chi connectivity index (χ0) is 24.2. The second-order valence-electron chi connectivity index (χ2n) is 9.58. The van der Waals surface area contributed by atoms with E-state index in [2.05, 4.69) is 29.6 Å². The third-order valence-corrected chi connectivity index (χ3v) is 7.18. The summed E-state index contributed by atoms with van der Waals surface area (Å²) in [4.78, 5) is 27.3. The van der Waals surface area contributed by atoms with Gasteiger partial charge in [0.15, 0.2) is 0 Å². The number of carbonyl (C=O) groups is 2. The predicted octanol–water partition coefficient (Wildman–Crippen LogP) is 3.29. The Morgan fingerprint density at radius 1 is 1.00 bits per heavy atom. The number of carbonyl (C=O) groups excluding carboxylic acids is 2. The zero-order valence-corrected chi connectivity index (χ0v) is 20.1. The smallest absolute Gasteiger partial charge is 0.272 e. The average molecular weight is 472 g/mol. The molecule has 1 aromatic heterocycles. The van der Waals surface area contributed by atoms with Gasteiger partial charge in [-0.2, -0.15) is 5.10 Å². The van der Waals surface area contributed by atoms with Gasteiger partial charge >= 0.3 is 0 Å². The molecule has 0 bridgehead atoms. The fourth-order valence-corrected chi connectivity index (χ4v) is 5.23. The summed E-state index contributed by atoms with van der Waals surface area (Å²) in [5.41, 5.74) is 10.7. The SMILES string of the molecule is NC(=O)c1ccc(-n2nc3c(c2C(=O)N2CCCCC2)CC(NCCc2ccccc2)CC3)cc1. The number of rotatable bonds is 7. The molecule has 7 heteroatoms. The normalized spacial score (nSPS) is 17.7. The van der Waals surface area contributed by atoms with Crippen molar-refractivity contribution in [1.29, 1.82) is 0 Å². The van der Waals surface area contributed by atoms with Gasteiger partial charge in [0.05, 0.1) is 11.4 Å². The Balaban J connectivity index is 1.41. The number of piperidine rings is 1. The molecule has 1 atom stereocenters. The zero-order valence-electron chi connectivity index (χ0n) is 20.1. The predicted molar refractivity (Wildman–Crippen MR) is 136 cm³/mol. The van der Waals surface area contributed by atoms with E-state index in [1.165, 1.54) is 12.0 Å². The summed E-state index contributed by atoms with van der Waals surface area (Å²) in [5.74, 6) is -0.410. The van der Waals surface area contributed by atoms with Crippen molar-refractivity contribution in [1.82, 2.24) is 20.0 Å². The summed E-state index contributed by atoms with van der Waals surface area (Å²) >= 11 is 0. The summed E-state index contributed by atoms with van der Waals surface area (Å²) in [5, 5.41) is 8.61. The van der Waals surface area contributed by atoms with E-state index in [1.807, 2.05) is 23.1 Å². The molecule has 1 unspecified atom stereocenters. The van der Waals surface area contributed by atoms with E-state index in [0.717, 1.165) is 75.1 Å². The van der Waals surface area contributed by atoms with Crippen molar-refractivity contribution in [3.05, 3.63) is 82.7 Å². The highest BCUT2D eigenvalue weighted by molar-refractivity contribution is 5.95. The van der Waals surface area contributed by atoms with Crippen molar-refractivity contribution < 1.29 is 9.59 Å². The van der Waals surface area contributed by atoms with Gasteiger partial charge < -0.3 is 16.0 Å². The number of nitrogens with zero attached hydrogens (tertiary/aromatic N) is 3. The van der Waals surface area contributed by atoms with Crippen molar-refractivity contribution in [3.8, 4) is 5.69 Å². The highest BCUT2D eigenvalue weighted by atomic mass is 16.2. The lowest BCUT2D eigenvalue weighted by Gasteiger charge is -2.28. The summed E-state index contributed by atoms with van der Waals surface area (Å²) in [6.45, 7) is 2.48. The molecule has 0 radical (unpaired) electrons. The summed E-state index contributed by atoms with van der Waals surface area (Å²) < 4.78 is 1.79. The lowest BCUT2D eigenvalue weighted by molar-refractivity contribution is 0.0713. The van der Waals surface area contributed by atoms with Crippen LogP contribution in [0.4, 0.5) is 0 Å².